The van der Waals surface area contributed by atoms with Crippen LogP contribution in [-0.2, 0) is 6.42 Å². The molecule has 7 heteroatoms. The summed E-state index contributed by atoms with van der Waals surface area (Å²) in [6, 6.07) is 6.01. The number of nitrogens with one attached hydrogen (secondary N) is 1. The molecule has 7 nitrogen and oxygen atoms in total. The summed E-state index contributed by atoms with van der Waals surface area (Å²) >= 11 is 0. The van der Waals surface area contributed by atoms with Crippen LogP contribution in [0.1, 0.15) is 19.4 Å². The van der Waals surface area contributed by atoms with Crippen molar-refractivity contribution < 1.29 is 9.66 Å². The van der Waals surface area contributed by atoms with Gasteiger partial charge < -0.3 is 10.1 Å². The van der Waals surface area contributed by atoms with Crippen molar-refractivity contribution >= 4 is 11.5 Å². The maximum Gasteiger partial charge on any atom is 0.273 e. The van der Waals surface area contributed by atoms with Gasteiger partial charge in [-0.1, -0.05) is 13.0 Å². The van der Waals surface area contributed by atoms with E-state index in [0.29, 0.717) is 18.1 Å². The first-order chi connectivity index (χ1) is 10.2. The van der Waals surface area contributed by atoms with E-state index in [4.69, 9.17) is 4.74 Å². The van der Waals surface area contributed by atoms with E-state index in [0.717, 1.165) is 17.9 Å². The highest BCUT2D eigenvalue weighted by molar-refractivity contribution is 5.50. The number of non-ortho nitro benzene ring substituents is 1. The highest BCUT2D eigenvalue weighted by Crippen LogP contribution is 2.29. The summed E-state index contributed by atoms with van der Waals surface area (Å²) in [6.45, 7) is 4.68. The minimum absolute atomic E-state index is 0.0217. The Morgan fingerprint density at radius 3 is 2.81 bits per heavy atom. The Labute approximate surface area is 122 Å². The molecular formula is C14H16N4O3. The van der Waals surface area contributed by atoms with Crippen LogP contribution in [0.15, 0.2) is 30.6 Å². The van der Waals surface area contributed by atoms with E-state index in [2.05, 4.69) is 15.3 Å². The standard InChI is InChI=1S/C14H16N4O3/c1-3-12-13(15-4-2)16-9-17-14(12)21-11-7-5-6-10(8-11)18(19)20/h5-9H,3-4H2,1-2H3,(H,15,16,17). The molecule has 0 bridgehead atoms. The van der Waals surface area contributed by atoms with Gasteiger partial charge in [-0.05, 0) is 19.4 Å². The molecule has 21 heavy (non-hydrogen) atoms. The third-order valence-electron chi connectivity index (χ3n) is 2.85. The molecule has 2 aromatic rings. The fraction of sp³-hybridized carbons (Fsp3) is 0.286. The van der Waals surface area contributed by atoms with Crippen molar-refractivity contribution in [1.29, 1.82) is 0 Å². The molecule has 0 amide bonds. The summed E-state index contributed by atoms with van der Waals surface area (Å²) in [4.78, 5) is 18.6. The average molecular weight is 288 g/mol. The van der Waals surface area contributed by atoms with Crippen LogP contribution in [0, 0.1) is 10.1 Å². The Morgan fingerprint density at radius 2 is 2.14 bits per heavy atom. The van der Waals surface area contributed by atoms with Gasteiger partial charge in [0.1, 0.15) is 17.9 Å². The molecule has 110 valence electrons. The second kappa shape index (κ2) is 6.65. The first-order valence-corrected chi connectivity index (χ1v) is 6.65. The topological polar surface area (TPSA) is 90.2 Å². The first kappa shape index (κ1) is 14.7. The Morgan fingerprint density at radius 1 is 1.33 bits per heavy atom. The molecule has 0 saturated heterocycles. The monoisotopic (exact) mass is 288 g/mol. The van der Waals surface area contributed by atoms with Crippen LogP contribution in [-0.4, -0.2) is 21.4 Å². The molecule has 0 aliphatic carbocycles. The quantitative estimate of drug-likeness (QED) is 0.648. The van der Waals surface area contributed by atoms with Gasteiger partial charge in [0.05, 0.1) is 16.6 Å². The van der Waals surface area contributed by atoms with E-state index in [-0.39, 0.29) is 5.69 Å². The molecular weight excluding hydrogens is 272 g/mol. The van der Waals surface area contributed by atoms with Gasteiger partial charge in [-0.15, -0.1) is 0 Å². The van der Waals surface area contributed by atoms with Gasteiger partial charge in [0, 0.05) is 12.6 Å². The van der Waals surface area contributed by atoms with Crippen molar-refractivity contribution in [2.24, 2.45) is 0 Å². The van der Waals surface area contributed by atoms with Crippen molar-refractivity contribution in [2.75, 3.05) is 11.9 Å². The minimum Gasteiger partial charge on any atom is -0.438 e. The van der Waals surface area contributed by atoms with Crippen molar-refractivity contribution in [1.82, 2.24) is 9.97 Å². The lowest BCUT2D eigenvalue weighted by molar-refractivity contribution is -0.384. The second-order valence-electron chi connectivity index (χ2n) is 4.25. The number of nitrogens with zero attached hydrogens (tertiary/aromatic N) is 3. The van der Waals surface area contributed by atoms with Crippen LogP contribution < -0.4 is 10.1 Å². The van der Waals surface area contributed by atoms with Gasteiger partial charge >= 0.3 is 0 Å². The lowest BCUT2D eigenvalue weighted by Crippen LogP contribution is -2.05. The summed E-state index contributed by atoms with van der Waals surface area (Å²) in [5, 5.41) is 13.9. The predicted molar refractivity (Wildman–Crippen MR) is 78.7 cm³/mol. The Balaban J connectivity index is 2.33. The van der Waals surface area contributed by atoms with Gasteiger partial charge in [0.15, 0.2) is 0 Å². The SMILES string of the molecule is CCNc1ncnc(Oc2cccc([N+](=O)[O-])c2)c1CC. The lowest BCUT2D eigenvalue weighted by atomic mass is 10.2. The third-order valence-corrected chi connectivity index (χ3v) is 2.85. The zero-order valence-electron chi connectivity index (χ0n) is 11.9. The zero-order chi connectivity index (χ0) is 15.2. The molecule has 1 aromatic carbocycles. The third kappa shape index (κ3) is 3.44. The summed E-state index contributed by atoms with van der Waals surface area (Å²) < 4.78 is 5.68. The fourth-order valence-corrected chi connectivity index (χ4v) is 1.89. The van der Waals surface area contributed by atoms with Crippen LogP contribution in [0.4, 0.5) is 11.5 Å². The number of benzene rings is 1. The number of hydrogen-bond acceptors (Lipinski definition) is 6. The Hall–Kier alpha value is -2.70. The molecule has 0 spiro atoms. The Bertz CT molecular complexity index is 646. The van der Waals surface area contributed by atoms with Crippen LogP contribution in [0.25, 0.3) is 0 Å². The van der Waals surface area contributed by atoms with Gasteiger partial charge in [-0.3, -0.25) is 10.1 Å². The summed E-state index contributed by atoms with van der Waals surface area (Å²) in [6.07, 6.45) is 2.09. The highest BCUT2D eigenvalue weighted by atomic mass is 16.6. The van der Waals surface area contributed by atoms with Crippen molar-refractivity contribution in [3.63, 3.8) is 0 Å². The largest absolute Gasteiger partial charge is 0.438 e. The molecule has 0 fully saturated rings. The number of nitro groups is 1. The van der Waals surface area contributed by atoms with Crippen LogP contribution in [0.2, 0.25) is 0 Å². The van der Waals surface area contributed by atoms with E-state index < -0.39 is 4.92 Å². The normalized spacial score (nSPS) is 10.2. The average Bonchev–Trinajstić information content (AvgIpc) is 2.48. The van der Waals surface area contributed by atoms with Gasteiger partial charge in [-0.2, -0.15) is 0 Å². The smallest absolute Gasteiger partial charge is 0.273 e. The number of anilines is 1. The highest BCUT2D eigenvalue weighted by Gasteiger charge is 2.13. The fourth-order valence-electron chi connectivity index (χ4n) is 1.89. The maximum atomic E-state index is 10.8. The first-order valence-electron chi connectivity index (χ1n) is 6.65. The predicted octanol–water partition coefficient (Wildman–Crippen LogP) is 3.17. The molecule has 0 aliphatic heterocycles. The molecule has 0 atom stereocenters. The van der Waals surface area contributed by atoms with Crippen LogP contribution in [0.5, 0.6) is 11.6 Å². The van der Waals surface area contributed by atoms with E-state index in [1.165, 1.54) is 18.5 Å². The van der Waals surface area contributed by atoms with Gasteiger partial charge in [0.2, 0.25) is 5.88 Å². The van der Waals surface area contributed by atoms with E-state index in [9.17, 15) is 10.1 Å². The minimum atomic E-state index is -0.461. The maximum absolute atomic E-state index is 10.8. The lowest BCUT2D eigenvalue weighted by Gasteiger charge is -2.12. The number of ether oxygens (including phenoxy) is 1. The zero-order valence-corrected chi connectivity index (χ0v) is 11.9. The molecule has 1 heterocycles. The summed E-state index contributed by atoms with van der Waals surface area (Å²) in [5.41, 5.74) is 0.817. The molecule has 0 unspecified atom stereocenters. The number of hydrogen-bond donors (Lipinski definition) is 1. The van der Waals surface area contributed by atoms with E-state index in [1.54, 1.807) is 12.1 Å². The molecule has 0 aliphatic rings. The molecule has 1 aromatic heterocycles. The van der Waals surface area contributed by atoms with E-state index in [1.807, 2.05) is 13.8 Å². The number of aromatic nitrogens is 2. The molecule has 0 saturated carbocycles. The number of rotatable bonds is 6. The second-order valence-corrected chi connectivity index (χ2v) is 4.25. The Kier molecular flexibility index (Phi) is 4.65. The number of nitro benzene ring substituents is 1. The van der Waals surface area contributed by atoms with Crippen molar-refractivity contribution in [2.45, 2.75) is 20.3 Å². The van der Waals surface area contributed by atoms with E-state index >= 15 is 0 Å². The van der Waals surface area contributed by atoms with Crippen LogP contribution in [0.3, 0.4) is 0 Å². The van der Waals surface area contributed by atoms with Gasteiger partial charge in [-0.25, -0.2) is 9.97 Å². The summed E-state index contributed by atoms with van der Waals surface area (Å²) in [5.74, 6) is 1.50. The summed E-state index contributed by atoms with van der Waals surface area (Å²) in [7, 11) is 0. The molecule has 1 N–H and O–H groups in total. The van der Waals surface area contributed by atoms with Crippen molar-refractivity contribution in [3.8, 4) is 11.6 Å². The van der Waals surface area contributed by atoms with Gasteiger partial charge in [0.25, 0.3) is 5.69 Å². The molecule has 2 rings (SSSR count). The molecule has 0 radical (unpaired) electrons. The van der Waals surface area contributed by atoms with Crippen molar-refractivity contribution in [3.05, 3.63) is 46.3 Å². The van der Waals surface area contributed by atoms with Crippen LogP contribution >= 0.6 is 0 Å².